The van der Waals surface area contributed by atoms with Crippen LogP contribution in [0, 0.1) is 16.7 Å². The first-order chi connectivity index (χ1) is 6.60. The van der Waals surface area contributed by atoms with Crippen molar-refractivity contribution in [1.29, 1.82) is 0 Å². The van der Waals surface area contributed by atoms with Gasteiger partial charge in [-0.15, -0.1) is 0 Å². The van der Waals surface area contributed by atoms with Crippen LogP contribution in [0.5, 0.6) is 0 Å². The van der Waals surface area contributed by atoms with Gasteiger partial charge >= 0.3 is 5.97 Å². The molecule has 90 valence electrons. The van der Waals surface area contributed by atoms with Gasteiger partial charge in [-0.05, 0) is 23.2 Å². The van der Waals surface area contributed by atoms with Gasteiger partial charge in [-0.2, -0.15) is 0 Å². The van der Waals surface area contributed by atoms with Gasteiger partial charge in [0.05, 0.1) is 13.5 Å². The van der Waals surface area contributed by atoms with Crippen molar-refractivity contribution >= 4 is 5.97 Å². The highest BCUT2D eigenvalue weighted by Gasteiger charge is 2.35. The topological polar surface area (TPSA) is 26.3 Å². The average molecular weight is 214 g/mol. The Bertz CT molecular complexity index is 213. The zero-order chi connectivity index (χ0) is 12.3. The molecule has 0 N–H and O–H groups in total. The second-order valence-electron chi connectivity index (χ2n) is 6.30. The van der Waals surface area contributed by atoms with E-state index in [0.717, 1.165) is 6.42 Å². The van der Waals surface area contributed by atoms with Gasteiger partial charge < -0.3 is 4.74 Å². The molecule has 0 aromatic heterocycles. The fraction of sp³-hybridized carbons (Fsp3) is 0.923. The van der Waals surface area contributed by atoms with E-state index in [1.165, 1.54) is 7.11 Å². The van der Waals surface area contributed by atoms with E-state index in [2.05, 4.69) is 41.5 Å². The Morgan fingerprint density at radius 1 is 1.20 bits per heavy atom. The zero-order valence-electron chi connectivity index (χ0n) is 11.3. The molecule has 2 heteroatoms. The molecule has 0 rings (SSSR count). The van der Waals surface area contributed by atoms with E-state index in [4.69, 9.17) is 4.74 Å². The van der Waals surface area contributed by atoms with Crippen molar-refractivity contribution in [3.8, 4) is 0 Å². The molecule has 0 aliphatic rings. The third-order valence-electron chi connectivity index (χ3n) is 3.10. The van der Waals surface area contributed by atoms with Gasteiger partial charge in [0.2, 0.25) is 0 Å². The minimum atomic E-state index is -0.101. The number of hydrogen-bond donors (Lipinski definition) is 0. The van der Waals surface area contributed by atoms with Crippen LogP contribution in [-0.4, -0.2) is 13.1 Å². The van der Waals surface area contributed by atoms with Crippen LogP contribution in [-0.2, 0) is 9.53 Å². The smallest absolute Gasteiger partial charge is 0.306 e. The Hall–Kier alpha value is -0.530. The monoisotopic (exact) mass is 214 g/mol. The van der Waals surface area contributed by atoms with Crippen LogP contribution in [0.3, 0.4) is 0 Å². The molecule has 0 heterocycles. The lowest BCUT2D eigenvalue weighted by Gasteiger charge is -2.38. The second-order valence-corrected chi connectivity index (χ2v) is 6.30. The maximum absolute atomic E-state index is 11.4. The van der Waals surface area contributed by atoms with Crippen LogP contribution in [0.4, 0.5) is 0 Å². The lowest BCUT2D eigenvalue weighted by molar-refractivity contribution is -0.144. The van der Waals surface area contributed by atoms with Crippen molar-refractivity contribution in [2.75, 3.05) is 7.11 Å². The lowest BCUT2D eigenvalue weighted by atomic mass is 9.67. The van der Waals surface area contributed by atoms with Crippen LogP contribution in [0.15, 0.2) is 0 Å². The molecule has 0 saturated carbocycles. The predicted octanol–water partition coefficient (Wildman–Crippen LogP) is 3.65. The van der Waals surface area contributed by atoms with E-state index in [0.29, 0.717) is 12.3 Å². The van der Waals surface area contributed by atoms with Gasteiger partial charge in [0.1, 0.15) is 0 Å². The zero-order valence-corrected chi connectivity index (χ0v) is 11.3. The van der Waals surface area contributed by atoms with Crippen LogP contribution in [0.2, 0.25) is 0 Å². The maximum atomic E-state index is 11.4. The van der Waals surface area contributed by atoms with Gasteiger partial charge in [0, 0.05) is 0 Å². The van der Waals surface area contributed by atoms with Crippen LogP contribution < -0.4 is 0 Å². The number of hydrogen-bond acceptors (Lipinski definition) is 2. The molecule has 0 aromatic rings. The number of ether oxygens (including phenoxy) is 1. The van der Waals surface area contributed by atoms with Crippen LogP contribution >= 0.6 is 0 Å². The van der Waals surface area contributed by atoms with Gasteiger partial charge in [0.25, 0.3) is 0 Å². The Balaban J connectivity index is 4.67. The standard InChI is InChI=1S/C13H26O2/c1-10(2)13(6,8-11(14)15-7)9-12(3,4)5/h10H,8-9H2,1-7H3. The summed E-state index contributed by atoms with van der Waals surface area (Å²) in [5, 5.41) is 0. The molecule has 0 spiro atoms. The highest BCUT2D eigenvalue weighted by Crippen LogP contribution is 2.42. The summed E-state index contributed by atoms with van der Waals surface area (Å²) in [5.41, 5.74) is 0.276. The Labute approximate surface area is 94.4 Å². The quantitative estimate of drug-likeness (QED) is 0.668. The first kappa shape index (κ1) is 14.5. The normalized spacial score (nSPS) is 16.3. The molecule has 0 aliphatic heterocycles. The van der Waals surface area contributed by atoms with E-state index in [1.54, 1.807) is 0 Å². The summed E-state index contributed by atoms with van der Waals surface area (Å²) in [6, 6.07) is 0. The first-order valence-corrected chi connectivity index (χ1v) is 5.67. The molecule has 15 heavy (non-hydrogen) atoms. The number of methoxy groups -OCH3 is 1. The summed E-state index contributed by atoms with van der Waals surface area (Å²) in [7, 11) is 1.46. The van der Waals surface area contributed by atoms with E-state index >= 15 is 0 Å². The Kier molecular flexibility index (Phi) is 4.82. The summed E-state index contributed by atoms with van der Waals surface area (Å²) < 4.78 is 4.77. The number of carbonyl (C=O) groups excluding carboxylic acids is 1. The highest BCUT2D eigenvalue weighted by molar-refractivity contribution is 5.70. The Morgan fingerprint density at radius 3 is 1.93 bits per heavy atom. The van der Waals surface area contributed by atoms with Gasteiger partial charge in [-0.1, -0.05) is 41.5 Å². The Morgan fingerprint density at radius 2 is 1.67 bits per heavy atom. The summed E-state index contributed by atoms with van der Waals surface area (Å²) in [4.78, 5) is 11.4. The number of rotatable bonds is 4. The molecule has 0 fully saturated rings. The first-order valence-electron chi connectivity index (χ1n) is 5.67. The van der Waals surface area contributed by atoms with Crippen molar-refractivity contribution in [3.63, 3.8) is 0 Å². The largest absolute Gasteiger partial charge is 0.469 e. The molecule has 1 atom stereocenters. The van der Waals surface area contributed by atoms with E-state index in [1.807, 2.05) is 0 Å². The molecule has 0 aromatic carbocycles. The van der Waals surface area contributed by atoms with Crippen LogP contribution in [0.25, 0.3) is 0 Å². The molecular formula is C13H26O2. The van der Waals surface area contributed by atoms with Crippen molar-refractivity contribution < 1.29 is 9.53 Å². The summed E-state index contributed by atoms with van der Waals surface area (Å²) in [6.07, 6.45) is 1.55. The minimum Gasteiger partial charge on any atom is -0.469 e. The predicted molar refractivity (Wildman–Crippen MR) is 63.7 cm³/mol. The molecule has 0 bridgehead atoms. The van der Waals surface area contributed by atoms with E-state index < -0.39 is 0 Å². The van der Waals surface area contributed by atoms with Crippen molar-refractivity contribution in [3.05, 3.63) is 0 Å². The molecular weight excluding hydrogens is 188 g/mol. The molecule has 0 aliphatic carbocycles. The molecule has 0 saturated heterocycles. The maximum Gasteiger partial charge on any atom is 0.306 e. The third kappa shape index (κ3) is 5.19. The van der Waals surface area contributed by atoms with Crippen molar-refractivity contribution in [1.82, 2.24) is 0 Å². The number of carbonyl (C=O) groups is 1. The van der Waals surface area contributed by atoms with Crippen LogP contribution in [0.1, 0.15) is 54.4 Å². The van der Waals surface area contributed by atoms with Crippen molar-refractivity contribution in [2.45, 2.75) is 54.4 Å². The van der Waals surface area contributed by atoms with E-state index in [9.17, 15) is 4.79 Å². The molecule has 0 radical (unpaired) electrons. The second kappa shape index (κ2) is 5.00. The lowest BCUT2D eigenvalue weighted by Crippen LogP contribution is -2.32. The number of esters is 1. The average Bonchev–Trinajstić information content (AvgIpc) is 2.00. The molecule has 2 nitrogen and oxygen atoms in total. The van der Waals surface area contributed by atoms with E-state index in [-0.39, 0.29) is 16.8 Å². The van der Waals surface area contributed by atoms with Gasteiger partial charge in [-0.3, -0.25) is 4.79 Å². The highest BCUT2D eigenvalue weighted by atomic mass is 16.5. The summed E-state index contributed by atoms with van der Waals surface area (Å²) in [5.74, 6) is 0.381. The van der Waals surface area contributed by atoms with Crippen molar-refractivity contribution in [2.24, 2.45) is 16.7 Å². The van der Waals surface area contributed by atoms with Gasteiger partial charge in [0.15, 0.2) is 0 Å². The minimum absolute atomic E-state index is 0.0331. The summed E-state index contributed by atoms with van der Waals surface area (Å²) in [6.45, 7) is 13.2. The third-order valence-corrected chi connectivity index (χ3v) is 3.10. The molecule has 1 unspecified atom stereocenters. The fourth-order valence-electron chi connectivity index (χ4n) is 2.08. The fourth-order valence-corrected chi connectivity index (χ4v) is 2.08. The molecule has 0 amide bonds. The summed E-state index contributed by atoms with van der Waals surface area (Å²) >= 11 is 0. The van der Waals surface area contributed by atoms with Gasteiger partial charge in [-0.25, -0.2) is 0 Å². The SMILES string of the molecule is COC(=O)CC(C)(CC(C)(C)C)C(C)C.